The molecule has 0 radical (unpaired) electrons. The van der Waals surface area contributed by atoms with E-state index in [-0.39, 0.29) is 0 Å². The fourth-order valence-electron chi connectivity index (χ4n) is 3.45. The molecular formula is C30H24N2S4. The van der Waals surface area contributed by atoms with Crippen molar-refractivity contribution in [1.29, 1.82) is 0 Å². The lowest BCUT2D eigenvalue weighted by Gasteiger charge is -2.24. The standard InChI is InChI=1S/C30H24N2S4/c33-29(31(25-15-5-1-6-16-25)26-17-7-2-8-18-26)35-23-13-14-24-36-30(34)32(27-19-9-3-10-20-27)28-21-11-4-12-22-28/h1-12,15-22H,23-24H2. The van der Waals surface area contributed by atoms with Crippen LogP contribution < -0.4 is 9.80 Å². The largest absolute Gasteiger partial charge is 0.296 e. The van der Waals surface area contributed by atoms with E-state index < -0.39 is 0 Å². The van der Waals surface area contributed by atoms with Gasteiger partial charge in [-0.05, 0) is 48.5 Å². The number of hydrogen-bond donors (Lipinski definition) is 0. The van der Waals surface area contributed by atoms with Crippen molar-refractivity contribution in [1.82, 2.24) is 0 Å². The molecule has 0 bridgehead atoms. The van der Waals surface area contributed by atoms with Crippen LogP contribution in [0.3, 0.4) is 0 Å². The van der Waals surface area contributed by atoms with E-state index in [4.69, 9.17) is 24.4 Å². The van der Waals surface area contributed by atoms with Crippen molar-refractivity contribution in [3.63, 3.8) is 0 Å². The van der Waals surface area contributed by atoms with E-state index in [1.54, 1.807) is 23.5 Å². The fourth-order valence-corrected chi connectivity index (χ4v) is 5.51. The van der Waals surface area contributed by atoms with Crippen molar-refractivity contribution < 1.29 is 0 Å². The molecule has 0 aliphatic carbocycles. The van der Waals surface area contributed by atoms with Gasteiger partial charge in [0.1, 0.15) is 8.64 Å². The summed E-state index contributed by atoms with van der Waals surface area (Å²) in [6.07, 6.45) is 0. The van der Waals surface area contributed by atoms with Crippen molar-refractivity contribution in [2.24, 2.45) is 0 Å². The monoisotopic (exact) mass is 540 g/mol. The zero-order valence-corrected chi connectivity index (χ0v) is 22.8. The number of thiocarbonyl (C=S) groups is 2. The van der Waals surface area contributed by atoms with Crippen molar-refractivity contribution >= 4 is 79.4 Å². The summed E-state index contributed by atoms with van der Waals surface area (Å²) in [5, 5.41) is 0. The van der Waals surface area contributed by atoms with Gasteiger partial charge in [-0.25, -0.2) is 0 Å². The highest BCUT2D eigenvalue weighted by atomic mass is 32.2. The first-order chi connectivity index (χ1) is 17.7. The third-order valence-corrected chi connectivity index (χ3v) is 7.59. The first-order valence-electron chi connectivity index (χ1n) is 11.3. The third kappa shape index (κ3) is 7.22. The first kappa shape index (κ1) is 26.0. The Labute approximate surface area is 232 Å². The Bertz CT molecular complexity index is 1140. The predicted molar refractivity (Wildman–Crippen MR) is 168 cm³/mol. The summed E-state index contributed by atoms with van der Waals surface area (Å²) in [5.74, 6) is 7.72. The molecule has 4 rings (SSSR count). The lowest BCUT2D eigenvalue weighted by Crippen LogP contribution is -2.21. The second kappa shape index (κ2) is 13.9. The molecule has 178 valence electrons. The molecule has 2 nitrogen and oxygen atoms in total. The van der Waals surface area contributed by atoms with Crippen molar-refractivity contribution in [2.75, 3.05) is 21.3 Å². The number of benzene rings is 4. The normalized spacial score (nSPS) is 10.1. The summed E-state index contributed by atoms with van der Waals surface area (Å²) in [7, 11) is 0. The van der Waals surface area contributed by atoms with E-state index >= 15 is 0 Å². The minimum absolute atomic E-state index is 0.614. The molecule has 0 aromatic heterocycles. The smallest absolute Gasteiger partial charge is 0.146 e. The zero-order chi connectivity index (χ0) is 25.0. The summed E-state index contributed by atoms with van der Waals surface area (Å²) < 4.78 is 1.54. The predicted octanol–water partition coefficient (Wildman–Crippen LogP) is 8.70. The molecule has 4 aromatic carbocycles. The molecule has 0 heterocycles. The van der Waals surface area contributed by atoms with E-state index in [9.17, 15) is 0 Å². The summed E-state index contributed by atoms with van der Waals surface area (Å²) in [5.41, 5.74) is 4.16. The maximum absolute atomic E-state index is 5.79. The SMILES string of the molecule is S=C(SCC#CCSC(=S)N(c1ccccc1)c1ccccc1)N(c1ccccc1)c1ccccc1. The van der Waals surface area contributed by atoms with Gasteiger partial charge in [-0.15, -0.1) is 0 Å². The van der Waals surface area contributed by atoms with Crippen LogP contribution in [-0.2, 0) is 0 Å². The molecule has 0 amide bonds. The molecule has 0 unspecified atom stereocenters. The summed E-state index contributed by atoms with van der Waals surface area (Å²) in [6.45, 7) is 0. The van der Waals surface area contributed by atoms with Crippen molar-refractivity contribution in [3.8, 4) is 11.8 Å². The Morgan fingerprint density at radius 1 is 0.472 bits per heavy atom. The van der Waals surface area contributed by atoms with Gasteiger partial charge in [-0.1, -0.05) is 133 Å². The topological polar surface area (TPSA) is 6.48 Å². The van der Waals surface area contributed by atoms with E-state index in [0.717, 1.165) is 31.4 Å². The van der Waals surface area contributed by atoms with Crippen molar-refractivity contribution in [3.05, 3.63) is 121 Å². The van der Waals surface area contributed by atoms with Crippen LogP contribution in [-0.4, -0.2) is 20.1 Å². The third-order valence-electron chi connectivity index (χ3n) is 5.08. The minimum atomic E-state index is 0.614. The number of rotatable bonds is 6. The number of anilines is 4. The van der Waals surface area contributed by atoms with Gasteiger partial charge in [0.25, 0.3) is 0 Å². The Morgan fingerprint density at radius 3 is 0.972 bits per heavy atom. The molecule has 0 saturated carbocycles. The van der Waals surface area contributed by atoms with Crippen LogP contribution in [0.15, 0.2) is 121 Å². The van der Waals surface area contributed by atoms with Gasteiger partial charge in [0.15, 0.2) is 0 Å². The van der Waals surface area contributed by atoms with E-state index in [1.807, 2.05) is 72.8 Å². The average Bonchev–Trinajstić information content (AvgIpc) is 2.93. The molecule has 0 atom stereocenters. The van der Waals surface area contributed by atoms with Crippen LogP contribution in [0.1, 0.15) is 0 Å². The molecule has 0 aliphatic heterocycles. The van der Waals surface area contributed by atoms with Gasteiger partial charge in [0, 0.05) is 22.7 Å². The van der Waals surface area contributed by atoms with Gasteiger partial charge in [-0.2, -0.15) is 0 Å². The van der Waals surface area contributed by atoms with Crippen LogP contribution in [0, 0.1) is 11.8 Å². The van der Waals surface area contributed by atoms with Gasteiger partial charge in [0.2, 0.25) is 0 Å². The molecule has 0 spiro atoms. The van der Waals surface area contributed by atoms with Crippen LogP contribution >= 0.6 is 48.0 Å². The highest BCUT2D eigenvalue weighted by Gasteiger charge is 2.15. The Morgan fingerprint density at radius 2 is 0.722 bits per heavy atom. The average molecular weight is 541 g/mol. The summed E-state index contributed by atoms with van der Waals surface area (Å²) in [4.78, 5) is 4.17. The van der Waals surface area contributed by atoms with Crippen LogP contribution in [0.4, 0.5) is 22.7 Å². The molecule has 36 heavy (non-hydrogen) atoms. The molecule has 0 saturated heterocycles. The van der Waals surface area contributed by atoms with Crippen LogP contribution in [0.5, 0.6) is 0 Å². The number of thioether (sulfide) groups is 2. The minimum Gasteiger partial charge on any atom is -0.296 e. The molecule has 6 heteroatoms. The van der Waals surface area contributed by atoms with Crippen molar-refractivity contribution in [2.45, 2.75) is 0 Å². The molecular weight excluding hydrogens is 517 g/mol. The van der Waals surface area contributed by atoms with Crippen LogP contribution in [0.25, 0.3) is 0 Å². The molecule has 4 aromatic rings. The number of hydrogen-bond acceptors (Lipinski definition) is 4. The number of nitrogens with zero attached hydrogens (tertiary/aromatic N) is 2. The maximum Gasteiger partial charge on any atom is 0.146 e. The molecule has 0 N–H and O–H groups in total. The molecule has 0 fully saturated rings. The first-order valence-corrected chi connectivity index (χ1v) is 14.1. The summed E-state index contributed by atoms with van der Waals surface area (Å²) in [6, 6.07) is 40.7. The van der Waals surface area contributed by atoms with Gasteiger partial charge >= 0.3 is 0 Å². The second-order valence-electron chi connectivity index (χ2n) is 7.48. The Hall–Kier alpha value is -3.08. The molecule has 0 aliphatic rings. The van der Waals surface area contributed by atoms with E-state index in [0.29, 0.717) is 11.5 Å². The lowest BCUT2D eigenvalue weighted by atomic mass is 10.2. The quantitative estimate of drug-likeness (QED) is 0.177. The van der Waals surface area contributed by atoms with E-state index in [2.05, 4.69) is 70.2 Å². The number of para-hydroxylation sites is 4. The highest BCUT2D eigenvalue weighted by Crippen LogP contribution is 2.30. The zero-order valence-electron chi connectivity index (χ0n) is 19.5. The van der Waals surface area contributed by atoms with Gasteiger partial charge in [-0.3, -0.25) is 9.80 Å². The summed E-state index contributed by atoms with van der Waals surface area (Å²) >= 11 is 14.7. The highest BCUT2D eigenvalue weighted by molar-refractivity contribution is 8.24. The second-order valence-corrected chi connectivity index (χ2v) is 10.7. The Kier molecular flexibility index (Phi) is 10.0. The van der Waals surface area contributed by atoms with E-state index in [1.165, 1.54) is 0 Å². The fraction of sp³-hybridized carbons (Fsp3) is 0.0667. The maximum atomic E-state index is 5.79. The lowest BCUT2D eigenvalue weighted by molar-refractivity contribution is 1.39. The van der Waals surface area contributed by atoms with Gasteiger partial charge in [0.05, 0.1) is 11.5 Å². The Balaban J connectivity index is 1.35. The van der Waals surface area contributed by atoms with Gasteiger partial charge < -0.3 is 0 Å². The van der Waals surface area contributed by atoms with Crippen LogP contribution in [0.2, 0.25) is 0 Å².